The van der Waals surface area contributed by atoms with Crippen molar-refractivity contribution in [2.24, 2.45) is 0 Å². The van der Waals surface area contributed by atoms with Crippen LogP contribution in [0.5, 0.6) is 11.5 Å². The predicted molar refractivity (Wildman–Crippen MR) is 168 cm³/mol. The van der Waals surface area contributed by atoms with E-state index in [4.69, 9.17) is 14.2 Å². The number of methoxy groups -OCH3 is 2. The van der Waals surface area contributed by atoms with Gasteiger partial charge in [0.25, 0.3) is 0 Å². The summed E-state index contributed by atoms with van der Waals surface area (Å²) in [6.45, 7) is 5.79. The number of hydrogen-bond acceptors (Lipinski definition) is 8. The Morgan fingerprint density at radius 3 is 2.36 bits per heavy atom. The summed E-state index contributed by atoms with van der Waals surface area (Å²) < 4.78 is 31.6. The summed E-state index contributed by atoms with van der Waals surface area (Å²) in [5.41, 5.74) is 3.48. The van der Waals surface area contributed by atoms with E-state index in [1.54, 1.807) is 32.7 Å². The average molecular weight is 601 g/mol. The molecule has 4 heterocycles. The second-order valence-electron chi connectivity index (χ2n) is 12.6. The van der Waals surface area contributed by atoms with E-state index in [1.807, 2.05) is 24.3 Å². The Labute approximate surface area is 258 Å². The average Bonchev–Trinajstić information content (AvgIpc) is 3.56. The molecule has 0 aliphatic carbocycles. The van der Waals surface area contributed by atoms with E-state index in [-0.39, 0.29) is 17.9 Å². The number of nitrogens with one attached hydrogen (secondary N) is 1. The Morgan fingerprint density at radius 1 is 1.00 bits per heavy atom. The fourth-order valence-corrected chi connectivity index (χ4v) is 7.31. The number of nitrogens with zero attached hydrogens (tertiary/aromatic N) is 5. The zero-order valence-electron chi connectivity index (χ0n) is 26.1. The third-order valence-electron chi connectivity index (χ3n) is 9.63. The van der Waals surface area contributed by atoms with Gasteiger partial charge in [-0.25, -0.2) is 4.39 Å². The third-order valence-corrected chi connectivity index (χ3v) is 9.63. The van der Waals surface area contributed by atoms with E-state index in [0.717, 1.165) is 31.0 Å². The van der Waals surface area contributed by atoms with Gasteiger partial charge in [0.1, 0.15) is 17.3 Å². The number of ether oxygens (including phenoxy) is 3. The van der Waals surface area contributed by atoms with Crippen molar-refractivity contribution < 1.29 is 18.6 Å². The Morgan fingerprint density at radius 2 is 1.75 bits per heavy atom. The van der Waals surface area contributed by atoms with Gasteiger partial charge in [0.05, 0.1) is 19.0 Å². The molecule has 10 heteroatoms. The smallest absolute Gasteiger partial charge is 0.188 e. The zero-order chi connectivity index (χ0) is 30.9. The number of aromatic amines is 1. The first-order valence-electron chi connectivity index (χ1n) is 15.1. The van der Waals surface area contributed by atoms with E-state index in [2.05, 4.69) is 63.2 Å². The molecule has 2 bridgehead atoms. The van der Waals surface area contributed by atoms with Crippen molar-refractivity contribution in [1.29, 1.82) is 0 Å². The van der Waals surface area contributed by atoms with Crippen LogP contribution in [0.3, 0.4) is 0 Å². The maximum atomic E-state index is 15.2. The largest absolute Gasteiger partial charge is 0.497 e. The van der Waals surface area contributed by atoms with Gasteiger partial charge in [0.2, 0.25) is 0 Å². The highest BCUT2D eigenvalue weighted by atomic mass is 19.1. The fourth-order valence-electron chi connectivity index (χ4n) is 7.31. The predicted octanol–water partition coefficient (Wildman–Crippen LogP) is 6.47. The molecule has 0 spiro atoms. The monoisotopic (exact) mass is 600 g/mol. The molecule has 4 aromatic rings. The van der Waals surface area contributed by atoms with Gasteiger partial charge in [-0.3, -0.25) is 10.00 Å². The molecule has 2 fully saturated rings. The van der Waals surface area contributed by atoms with Crippen LogP contribution < -0.4 is 14.4 Å². The second kappa shape index (κ2) is 12.2. The highest BCUT2D eigenvalue weighted by molar-refractivity contribution is 5.75. The molecule has 1 N–H and O–H groups in total. The van der Waals surface area contributed by atoms with Gasteiger partial charge >= 0.3 is 0 Å². The molecule has 2 aromatic heterocycles. The molecule has 0 radical (unpaired) electrons. The summed E-state index contributed by atoms with van der Waals surface area (Å²) >= 11 is 0. The molecule has 9 nitrogen and oxygen atoms in total. The van der Waals surface area contributed by atoms with Crippen molar-refractivity contribution in [3.63, 3.8) is 0 Å². The lowest BCUT2D eigenvalue weighted by Gasteiger charge is -2.62. The highest BCUT2D eigenvalue weighted by Gasteiger charge is 2.53. The second-order valence-corrected chi connectivity index (χ2v) is 12.6. The summed E-state index contributed by atoms with van der Waals surface area (Å²) in [6.07, 6.45) is 8.85. The van der Waals surface area contributed by atoms with Crippen LogP contribution in [0.1, 0.15) is 51.5 Å². The standard InChI is InChI=1S/C34H41FN6O3/c1-33-13-6-14-34(2,41(33)21-23-7-9-26(43-5)10-8-23)18-25(17-33)40(3)32-12-11-30(38-39-32)28-15-29(35)27(24-19-36-37-20-24)16-31(28)44-22-42-4/h7-12,15-16,19-20,25H,6,13-14,17-18,21-22H2,1-5H3,(H,36,37). The molecule has 232 valence electrons. The quantitative estimate of drug-likeness (QED) is 0.207. The number of H-pyrrole nitrogens is 1. The van der Waals surface area contributed by atoms with Crippen molar-refractivity contribution in [2.45, 2.75) is 69.6 Å². The molecule has 2 aromatic carbocycles. The molecule has 0 amide bonds. The third kappa shape index (κ3) is 5.76. The number of benzene rings is 2. The van der Waals surface area contributed by atoms with Crippen LogP contribution in [0.15, 0.2) is 60.9 Å². The Hall–Kier alpha value is -4.02. The number of aromatic nitrogens is 4. The summed E-state index contributed by atoms with van der Waals surface area (Å²) in [5.74, 6) is 1.73. The lowest BCUT2D eigenvalue weighted by Crippen LogP contribution is -2.67. The molecule has 2 unspecified atom stereocenters. The molecular weight excluding hydrogens is 559 g/mol. The van der Waals surface area contributed by atoms with Gasteiger partial charge in [-0.15, -0.1) is 10.2 Å². The normalized spacial score (nSPS) is 23.4. The summed E-state index contributed by atoms with van der Waals surface area (Å²) in [5, 5.41) is 15.8. The summed E-state index contributed by atoms with van der Waals surface area (Å²) in [6, 6.07) is 15.7. The summed E-state index contributed by atoms with van der Waals surface area (Å²) in [7, 11) is 5.36. The van der Waals surface area contributed by atoms with Crippen molar-refractivity contribution in [1.82, 2.24) is 25.3 Å². The Kier molecular flexibility index (Phi) is 8.30. The minimum Gasteiger partial charge on any atom is -0.497 e. The van der Waals surface area contributed by atoms with Gasteiger partial charge in [-0.2, -0.15) is 5.10 Å². The van der Waals surface area contributed by atoms with Crippen molar-refractivity contribution in [3.8, 4) is 33.9 Å². The van der Waals surface area contributed by atoms with Gasteiger partial charge in [-0.1, -0.05) is 12.1 Å². The maximum absolute atomic E-state index is 15.2. The van der Waals surface area contributed by atoms with Gasteiger partial charge in [0.15, 0.2) is 12.6 Å². The van der Waals surface area contributed by atoms with Gasteiger partial charge in [0, 0.05) is 60.7 Å². The molecule has 2 atom stereocenters. The van der Waals surface area contributed by atoms with Crippen molar-refractivity contribution >= 4 is 5.82 Å². The lowest BCUT2D eigenvalue weighted by molar-refractivity contribution is -0.0976. The number of fused-ring (bicyclic) bond motifs is 2. The molecule has 2 aliphatic rings. The minimum atomic E-state index is -0.399. The number of piperidine rings is 2. The Balaban J connectivity index is 1.22. The molecule has 2 aliphatic heterocycles. The molecule has 6 rings (SSSR count). The van der Waals surface area contributed by atoms with E-state index < -0.39 is 5.82 Å². The maximum Gasteiger partial charge on any atom is 0.188 e. The van der Waals surface area contributed by atoms with E-state index >= 15 is 4.39 Å². The van der Waals surface area contributed by atoms with E-state index in [9.17, 15) is 0 Å². The van der Waals surface area contributed by atoms with E-state index in [1.165, 1.54) is 30.9 Å². The topological polar surface area (TPSA) is 88.6 Å². The van der Waals surface area contributed by atoms with Crippen LogP contribution in [0, 0.1) is 5.82 Å². The number of anilines is 1. The van der Waals surface area contributed by atoms with Crippen molar-refractivity contribution in [3.05, 3.63) is 72.3 Å². The number of rotatable bonds is 10. The SMILES string of the molecule is COCOc1cc(-c2cn[nH]c2)c(F)cc1-c1ccc(N(C)C2CC3(C)CCCC(C)(C2)N3Cc2ccc(OC)cc2)nn1. The van der Waals surface area contributed by atoms with Crippen LogP contribution >= 0.6 is 0 Å². The van der Waals surface area contributed by atoms with Gasteiger partial charge < -0.3 is 19.1 Å². The minimum absolute atomic E-state index is 0.0202. The van der Waals surface area contributed by atoms with Gasteiger partial charge in [-0.05, 0) is 87.9 Å². The highest BCUT2D eigenvalue weighted by Crippen LogP contribution is 2.50. The van der Waals surface area contributed by atoms with Crippen LogP contribution in [0.25, 0.3) is 22.4 Å². The van der Waals surface area contributed by atoms with E-state index in [0.29, 0.717) is 34.2 Å². The fraction of sp³-hybridized carbons (Fsp3) is 0.441. The molecule has 44 heavy (non-hydrogen) atoms. The molecule has 2 saturated heterocycles. The first-order chi connectivity index (χ1) is 21.2. The van der Waals surface area contributed by atoms with Crippen LogP contribution in [0.2, 0.25) is 0 Å². The molecule has 0 saturated carbocycles. The Bertz CT molecular complexity index is 1550. The molecular formula is C34H41FN6O3. The lowest BCUT2D eigenvalue weighted by atomic mass is 9.66. The van der Waals surface area contributed by atoms with Crippen LogP contribution in [0.4, 0.5) is 10.2 Å². The summed E-state index contributed by atoms with van der Waals surface area (Å²) in [4.78, 5) is 5.02. The van der Waals surface area contributed by atoms with Crippen LogP contribution in [-0.2, 0) is 11.3 Å². The zero-order valence-corrected chi connectivity index (χ0v) is 26.1. The van der Waals surface area contributed by atoms with Crippen LogP contribution in [-0.4, -0.2) is 70.5 Å². The first kappa shape index (κ1) is 30.0. The number of halogens is 1. The first-order valence-corrected chi connectivity index (χ1v) is 15.1. The van der Waals surface area contributed by atoms with Crippen molar-refractivity contribution in [2.75, 3.05) is 33.0 Å². The number of hydrogen-bond donors (Lipinski definition) is 1.